The Morgan fingerprint density at radius 2 is 1.75 bits per heavy atom. The number of hydrogen-bond acceptors (Lipinski definition) is 4. The molecule has 110 valence electrons. The van der Waals surface area contributed by atoms with E-state index in [9.17, 15) is 9.59 Å². The van der Waals surface area contributed by atoms with Crippen molar-refractivity contribution >= 4 is 11.9 Å². The Balaban J connectivity index is 2.65. The number of nitrogens with one attached hydrogen (secondary N) is 1. The maximum Gasteiger partial charge on any atom is 0.306 e. The van der Waals surface area contributed by atoms with E-state index in [1.54, 1.807) is 25.1 Å². The summed E-state index contributed by atoms with van der Waals surface area (Å²) >= 11 is 0. The second kappa shape index (κ2) is 7.37. The minimum Gasteiger partial charge on any atom is -0.497 e. The molecule has 1 aromatic rings. The zero-order valence-corrected chi connectivity index (χ0v) is 11.8. The van der Waals surface area contributed by atoms with Crippen molar-refractivity contribution in [1.29, 1.82) is 0 Å². The van der Waals surface area contributed by atoms with Gasteiger partial charge in [-0.15, -0.1) is 0 Å². The Hall–Kier alpha value is -2.24. The average Bonchev–Trinajstić information content (AvgIpc) is 2.46. The molecule has 0 heterocycles. The number of benzene rings is 1. The topological polar surface area (TPSA) is 84.9 Å². The number of carbonyl (C=O) groups excluding carboxylic acids is 1. The highest BCUT2D eigenvalue weighted by Crippen LogP contribution is 2.22. The van der Waals surface area contributed by atoms with Gasteiger partial charge in [-0.25, -0.2) is 0 Å². The predicted octanol–water partition coefficient (Wildman–Crippen LogP) is 1.54. The van der Waals surface area contributed by atoms with Crippen LogP contribution in [-0.2, 0) is 4.79 Å². The Kier molecular flexibility index (Phi) is 5.83. The van der Waals surface area contributed by atoms with Crippen molar-refractivity contribution in [1.82, 2.24) is 5.32 Å². The summed E-state index contributed by atoms with van der Waals surface area (Å²) in [7, 11) is 3.01. The van der Waals surface area contributed by atoms with Crippen LogP contribution in [0.15, 0.2) is 18.2 Å². The van der Waals surface area contributed by atoms with Gasteiger partial charge in [0.25, 0.3) is 5.91 Å². The van der Waals surface area contributed by atoms with Crippen LogP contribution in [0.25, 0.3) is 0 Å². The summed E-state index contributed by atoms with van der Waals surface area (Å²) in [4.78, 5) is 22.6. The Labute approximate surface area is 117 Å². The van der Waals surface area contributed by atoms with Crippen molar-refractivity contribution in [2.45, 2.75) is 13.3 Å². The lowest BCUT2D eigenvalue weighted by atomic mass is 10.1. The van der Waals surface area contributed by atoms with Crippen LogP contribution in [0.5, 0.6) is 11.5 Å². The molecule has 6 nitrogen and oxygen atoms in total. The third-order valence-electron chi connectivity index (χ3n) is 2.90. The van der Waals surface area contributed by atoms with Gasteiger partial charge in [0.05, 0.1) is 20.1 Å². The summed E-state index contributed by atoms with van der Waals surface area (Å²) in [5, 5.41) is 11.4. The number of rotatable bonds is 7. The normalized spacial score (nSPS) is 11.6. The molecule has 6 heteroatoms. The van der Waals surface area contributed by atoms with E-state index in [1.165, 1.54) is 14.2 Å². The lowest BCUT2D eigenvalue weighted by molar-refractivity contribution is -0.141. The van der Waals surface area contributed by atoms with Gasteiger partial charge < -0.3 is 19.9 Å². The summed E-state index contributed by atoms with van der Waals surface area (Å²) in [6.45, 7) is 1.90. The van der Waals surface area contributed by atoms with Crippen molar-refractivity contribution in [2.24, 2.45) is 5.92 Å². The molecule has 0 aliphatic rings. The van der Waals surface area contributed by atoms with E-state index >= 15 is 0 Å². The number of carboxylic acid groups (broad SMARTS) is 1. The number of amides is 1. The molecule has 1 unspecified atom stereocenters. The monoisotopic (exact) mass is 281 g/mol. The molecule has 0 radical (unpaired) electrons. The van der Waals surface area contributed by atoms with Crippen LogP contribution in [0, 0.1) is 5.92 Å². The predicted molar refractivity (Wildman–Crippen MR) is 73.3 cm³/mol. The van der Waals surface area contributed by atoms with Gasteiger partial charge in [0.2, 0.25) is 0 Å². The van der Waals surface area contributed by atoms with Crippen LogP contribution < -0.4 is 14.8 Å². The fourth-order valence-corrected chi connectivity index (χ4v) is 1.57. The van der Waals surface area contributed by atoms with Gasteiger partial charge >= 0.3 is 5.97 Å². The van der Waals surface area contributed by atoms with Crippen LogP contribution in [0.3, 0.4) is 0 Å². The van der Waals surface area contributed by atoms with Crippen molar-refractivity contribution in [3.05, 3.63) is 23.8 Å². The van der Waals surface area contributed by atoms with E-state index in [0.717, 1.165) is 0 Å². The smallest absolute Gasteiger partial charge is 0.306 e. The van der Waals surface area contributed by atoms with E-state index in [4.69, 9.17) is 14.6 Å². The summed E-state index contributed by atoms with van der Waals surface area (Å²) in [6.07, 6.45) is 0.377. The van der Waals surface area contributed by atoms with Crippen molar-refractivity contribution in [3.63, 3.8) is 0 Å². The SMILES string of the molecule is COc1cc(OC)cc(C(=O)NCCC(C)C(=O)O)c1. The average molecular weight is 281 g/mol. The zero-order valence-electron chi connectivity index (χ0n) is 11.8. The Morgan fingerprint density at radius 1 is 1.20 bits per heavy atom. The van der Waals surface area contributed by atoms with E-state index in [0.29, 0.717) is 30.0 Å². The molecule has 0 aromatic heterocycles. The lowest BCUT2D eigenvalue weighted by Gasteiger charge is -2.10. The molecule has 1 atom stereocenters. The van der Waals surface area contributed by atoms with Gasteiger partial charge in [-0.2, -0.15) is 0 Å². The van der Waals surface area contributed by atoms with Crippen LogP contribution in [0.1, 0.15) is 23.7 Å². The van der Waals surface area contributed by atoms with Gasteiger partial charge in [0.1, 0.15) is 11.5 Å². The minimum absolute atomic E-state index is 0.292. The molecular formula is C14H19NO5. The molecule has 0 saturated heterocycles. The van der Waals surface area contributed by atoms with E-state index in [1.807, 2.05) is 0 Å². The molecule has 1 rings (SSSR count). The van der Waals surface area contributed by atoms with Crippen LogP contribution in [0.2, 0.25) is 0 Å². The number of aliphatic carboxylic acids is 1. The van der Waals surface area contributed by atoms with Gasteiger partial charge in [-0.3, -0.25) is 9.59 Å². The molecule has 0 aliphatic heterocycles. The van der Waals surface area contributed by atoms with E-state index in [-0.39, 0.29) is 5.91 Å². The fraction of sp³-hybridized carbons (Fsp3) is 0.429. The third kappa shape index (κ3) is 4.46. The first-order valence-corrected chi connectivity index (χ1v) is 6.22. The molecule has 0 bridgehead atoms. The first-order chi connectivity index (χ1) is 9.47. The van der Waals surface area contributed by atoms with Gasteiger partial charge in [0.15, 0.2) is 0 Å². The molecule has 0 aliphatic carbocycles. The second-order valence-electron chi connectivity index (χ2n) is 4.39. The summed E-state index contributed by atoms with van der Waals surface area (Å²) in [5.74, 6) is -0.612. The second-order valence-corrected chi connectivity index (χ2v) is 4.39. The van der Waals surface area contributed by atoms with Gasteiger partial charge in [0, 0.05) is 18.2 Å². The molecule has 1 amide bonds. The molecule has 2 N–H and O–H groups in total. The molecule has 20 heavy (non-hydrogen) atoms. The molecular weight excluding hydrogens is 262 g/mol. The maximum atomic E-state index is 12.0. The quantitative estimate of drug-likeness (QED) is 0.792. The highest BCUT2D eigenvalue weighted by atomic mass is 16.5. The Morgan fingerprint density at radius 3 is 2.20 bits per heavy atom. The largest absolute Gasteiger partial charge is 0.497 e. The summed E-state index contributed by atoms with van der Waals surface area (Å²) < 4.78 is 10.2. The highest BCUT2D eigenvalue weighted by molar-refractivity contribution is 5.95. The number of carboxylic acids is 1. The summed E-state index contributed by atoms with van der Waals surface area (Å²) in [6, 6.07) is 4.86. The van der Waals surface area contributed by atoms with Crippen LogP contribution >= 0.6 is 0 Å². The van der Waals surface area contributed by atoms with Gasteiger partial charge in [-0.1, -0.05) is 6.92 Å². The van der Waals surface area contributed by atoms with Crippen LogP contribution in [-0.4, -0.2) is 37.7 Å². The number of hydrogen-bond donors (Lipinski definition) is 2. The minimum atomic E-state index is -0.873. The van der Waals surface area contributed by atoms with E-state index < -0.39 is 11.9 Å². The Bertz CT molecular complexity index is 464. The fourth-order valence-electron chi connectivity index (χ4n) is 1.57. The van der Waals surface area contributed by atoms with Gasteiger partial charge in [-0.05, 0) is 18.6 Å². The number of methoxy groups -OCH3 is 2. The summed E-state index contributed by atoms with van der Waals surface area (Å²) in [5.41, 5.74) is 0.407. The molecule has 0 spiro atoms. The van der Waals surface area contributed by atoms with E-state index in [2.05, 4.69) is 5.32 Å². The standard InChI is InChI=1S/C14H19NO5/c1-9(14(17)18)4-5-15-13(16)10-6-11(19-2)8-12(7-10)20-3/h6-9H,4-5H2,1-3H3,(H,15,16)(H,17,18). The third-order valence-corrected chi connectivity index (χ3v) is 2.90. The zero-order chi connectivity index (χ0) is 15.1. The van der Waals surface area contributed by atoms with Crippen molar-refractivity contribution in [2.75, 3.05) is 20.8 Å². The van der Waals surface area contributed by atoms with Crippen molar-refractivity contribution < 1.29 is 24.2 Å². The van der Waals surface area contributed by atoms with Crippen molar-refractivity contribution in [3.8, 4) is 11.5 Å². The number of ether oxygens (including phenoxy) is 2. The molecule has 0 fully saturated rings. The first-order valence-electron chi connectivity index (χ1n) is 6.22. The molecule has 0 saturated carbocycles. The number of carbonyl (C=O) groups is 2. The first kappa shape index (κ1) is 15.8. The molecule has 1 aromatic carbocycles. The lowest BCUT2D eigenvalue weighted by Crippen LogP contribution is -2.27. The highest BCUT2D eigenvalue weighted by Gasteiger charge is 2.13. The van der Waals surface area contributed by atoms with Crippen LogP contribution in [0.4, 0.5) is 0 Å². The maximum absolute atomic E-state index is 12.0.